The number of rotatable bonds is 1. The number of ether oxygens (including phenoxy) is 2. The molecule has 18 heavy (non-hydrogen) atoms. The highest BCUT2D eigenvalue weighted by Crippen LogP contribution is 2.42. The van der Waals surface area contributed by atoms with Crippen molar-refractivity contribution in [1.29, 1.82) is 0 Å². The summed E-state index contributed by atoms with van der Waals surface area (Å²) in [6.45, 7) is -0.238. The van der Waals surface area contributed by atoms with E-state index in [1.165, 1.54) is 0 Å². The molecular formula is C10H18O8. The molecule has 4 rings (SSSR count). The van der Waals surface area contributed by atoms with E-state index in [-0.39, 0.29) is 13.0 Å². The number of hydrogen-bond donors (Lipinski definition) is 6. The maximum Gasteiger partial charge on any atom is 0.163 e. The Bertz CT molecular complexity index is 266. The van der Waals surface area contributed by atoms with Crippen molar-refractivity contribution >= 4 is 0 Å². The minimum atomic E-state index is -0.958. The van der Waals surface area contributed by atoms with E-state index in [2.05, 4.69) is 4.74 Å². The first kappa shape index (κ1) is 14.1. The molecule has 8 heteroatoms. The van der Waals surface area contributed by atoms with Crippen LogP contribution >= 0.6 is 0 Å². The normalized spacial score (nSPS) is 53.7. The Morgan fingerprint density at radius 1 is 0.944 bits per heavy atom. The highest BCUT2D eigenvalue weighted by Gasteiger charge is 2.61. The molecule has 8 atom stereocenters. The molecule has 4 aliphatic rings. The summed E-state index contributed by atoms with van der Waals surface area (Å²) in [7, 11) is 0. The summed E-state index contributed by atoms with van der Waals surface area (Å²) in [5.41, 5.74) is 0. The predicted molar refractivity (Wildman–Crippen MR) is 55.0 cm³/mol. The Balaban J connectivity index is 0.000000134. The van der Waals surface area contributed by atoms with Gasteiger partial charge < -0.3 is 40.1 Å². The van der Waals surface area contributed by atoms with E-state index in [1.54, 1.807) is 0 Å². The first-order chi connectivity index (χ1) is 8.45. The number of aliphatic hydroxyl groups is 6. The smallest absolute Gasteiger partial charge is 0.163 e. The van der Waals surface area contributed by atoms with Crippen molar-refractivity contribution in [3.63, 3.8) is 0 Å². The fraction of sp³-hybridized carbons (Fsp3) is 1.00. The molecule has 0 aromatic rings. The summed E-state index contributed by atoms with van der Waals surface area (Å²) >= 11 is 0. The van der Waals surface area contributed by atoms with E-state index in [1.807, 2.05) is 0 Å². The van der Waals surface area contributed by atoms with E-state index >= 15 is 0 Å². The summed E-state index contributed by atoms with van der Waals surface area (Å²) in [4.78, 5) is 0. The summed E-state index contributed by atoms with van der Waals surface area (Å²) in [6.07, 6.45) is -4.83. The van der Waals surface area contributed by atoms with Crippen LogP contribution in [0.1, 0.15) is 6.42 Å². The fourth-order valence-electron chi connectivity index (χ4n) is 2.32. The van der Waals surface area contributed by atoms with Crippen LogP contribution in [0.5, 0.6) is 0 Å². The first-order valence-electron chi connectivity index (χ1n) is 5.77. The van der Waals surface area contributed by atoms with Gasteiger partial charge in [0.25, 0.3) is 0 Å². The highest BCUT2D eigenvalue weighted by molar-refractivity contribution is 5.06. The SMILES string of the molecule is OC1C2O[C@H](O)C1[C@@H]2O.OC[C@H]1O[C@H](O)C[C@@H]1O. The largest absolute Gasteiger partial charge is 0.394 e. The van der Waals surface area contributed by atoms with Crippen molar-refractivity contribution < 1.29 is 40.1 Å². The average Bonchev–Trinajstić information content (AvgIpc) is 2.91. The standard InChI is InChI=1S/C5H8O4.C5H10O4/c6-2-1-3(7)4(2)9-5(1)8;6-2-4-3(7)1-5(8)9-4/h1-8H;3-8H,1-2H2/t1?,2-,3?,4?,5-;3-,4+,5-/m00/s1. The van der Waals surface area contributed by atoms with Crippen molar-refractivity contribution in [3.05, 3.63) is 0 Å². The lowest BCUT2D eigenvalue weighted by Gasteiger charge is -2.33. The van der Waals surface area contributed by atoms with Crippen LogP contribution in [0.25, 0.3) is 0 Å². The minimum absolute atomic E-state index is 0.200. The van der Waals surface area contributed by atoms with Crippen LogP contribution in [0.15, 0.2) is 0 Å². The molecule has 0 radical (unpaired) electrons. The maximum absolute atomic E-state index is 8.94. The number of hydrogen-bond acceptors (Lipinski definition) is 8. The first-order valence-corrected chi connectivity index (χ1v) is 5.77. The molecule has 3 saturated heterocycles. The van der Waals surface area contributed by atoms with Gasteiger partial charge in [-0.15, -0.1) is 0 Å². The van der Waals surface area contributed by atoms with Crippen LogP contribution in [0.4, 0.5) is 0 Å². The van der Waals surface area contributed by atoms with Gasteiger partial charge in [0.2, 0.25) is 0 Å². The highest BCUT2D eigenvalue weighted by atomic mass is 16.6. The summed E-state index contributed by atoms with van der Waals surface area (Å²) < 4.78 is 9.39. The molecule has 106 valence electrons. The Morgan fingerprint density at radius 2 is 1.56 bits per heavy atom. The van der Waals surface area contributed by atoms with E-state index in [0.29, 0.717) is 0 Å². The summed E-state index contributed by atoms with van der Waals surface area (Å²) in [5.74, 6) is -0.463. The molecule has 3 aliphatic heterocycles. The van der Waals surface area contributed by atoms with E-state index < -0.39 is 49.0 Å². The van der Waals surface area contributed by atoms with Crippen molar-refractivity contribution in [1.82, 2.24) is 0 Å². The molecule has 0 aromatic carbocycles. The lowest BCUT2D eigenvalue weighted by Crippen LogP contribution is -2.54. The molecule has 0 amide bonds. The molecule has 0 aromatic heterocycles. The molecule has 6 N–H and O–H groups in total. The van der Waals surface area contributed by atoms with Crippen LogP contribution < -0.4 is 0 Å². The second-order valence-electron chi connectivity index (χ2n) is 4.66. The van der Waals surface area contributed by atoms with Crippen LogP contribution in [0, 0.1) is 5.92 Å². The quantitative estimate of drug-likeness (QED) is 0.287. The molecule has 4 fully saturated rings. The Kier molecular flexibility index (Phi) is 4.19. The minimum Gasteiger partial charge on any atom is -0.394 e. The van der Waals surface area contributed by atoms with Gasteiger partial charge in [-0.05, 0) is 0 Å². The van der Waals surface area contributed by atoms with Gasteiger partial charge >= 0.3 is 0 Å². The van der Waals surface area contributed by atoms with Gasteiger partial charge in [-0.1, -0.05) is 0 Å². The van der Waals surface area contributed by atoms with Crippen molar-refractivity contribution in [2.75, 3.05) is 6.61 Å². The fourth-order valence-corrected chi connectivity index (χ4v) is 2.32. The zero-order valence-electron chi connectivity index (χ0n) is 9.53. The van der Waals surface area contributed by atoms with Crippen molar-refractivity contribution in [2.45, 2.75) is 49.5 Å². The number of aliphatic hydroxyl groups excluding tert-OH is 6. The van der Waals surface area contributed by atoms with Gasteiger partial charge in [0.1, 0.15) is 12.2 Å². The van der Waals surface area contributed by atoms with Gasteiger partial charge in [0.05, 0.1) is 30.8 Å². The molecule has 1 saturated carbocycles. The average molecular weight is 266 g/mol. The lowest BCUT2D eigenvalue weighted by atomic mass is 9.79. The van der Waals surface area contributed by atoms with Crippen molar-refractivity contribution in [2.24, 2.45) is 5.92 Å². The van der Waals surface area contributed by atoms with Gasteiger partial charge in [-0.25, -0.2) is 0 Å². The third-order valence-corrected chi connectivity index (χ3v) is 3.47. The zero-order valence-corrected chi connectivity index (χ0v) is 9.53. The van der Waals surface area contributed by atoms with Gasteiger partial charge in [0.15, 0.2) is 12.6 Å². The third kappa shape index (κ3) is 2.38. The Labute approximate surface area is 103 Å². The lowest BCUT2D eigenvalue weighted by molar-refractivity contribution is -0.115. The zero-order chi connectivity index (χ0) is 13.4. The maximum atomic E-state index is 8.94. The topological polar surface area (TPSA) is 140 Å². The van der Waals surface area contributed by atoms with Gasteiger partial charge in [-0.3, -0.25) is 0 Å². The van der Waals surface area contributed by atoms with Gasteiger partial charge in [0, 0.05) is 6.42 Å². The summed E-state index contributed by atoms with van der Waals surface area (Å²) in [5, 5.41) is 52.8. The van der Waals surface area contributed by atoms with Crippen LogP contribution in [0.3, 0.4) is 0 Å². The second-order valence-corrected chi connectivity index (χ2v) is 4.66. The molecule has 2 bridgehead atoms. The molecule has 1 aliphatic carbocycles. The Morgan fingerprint density at radius 3 is 1.72 bits per heavy atom. The van der Waals surface area contributed by atoms with E-state index in [4.69, 9.17) is 35.4 Å². The predicted octanol–water partition coefficient (Wildman–Crippen LogP) is -3.50. The monoisotopic (exact) mass is 266 g/mol. The van der Waals surface area contributed by atoms with E-state index in [9.17, 15) is 0 Å². The molecule has 3 unspecified atom stereocenters. The third-order valence-electron chi connectivity index (χ3n) is 3.47. The van der Waals surface area contributed by atoms with Gasteiger partial charge in [-0.2, -0.15) is 0 Å². The van der Waals surface area contributed by atoms with Crippen LogP contribution in [0.2, 0.25) is 0 Å². The van der Waals surface area contributed by atoms with E-state index in [0.717, 1.165) is 0 Å². The second kappa shape index (κ2) is 5.35. The summed E-state index contributed by atoms with van der Waals surface area (Å²) in [6, 6.07) is 0. The number of fused-ring (bicyclic) bond motifs is 1. The molecule has 0 spiro atoms. The molecule has 3 heterocycles. The molecule has 8 nitrogen and oxygen atoms in total. The van der Waals surface area contributed by atoms with Crippen LogP contribution in [-0.2, 0) is 9.47 Å². The van der Waals surface area contributed by atoms with Crippen LogP contribution in [-0.4, -0.2) is 80.3 Å². The van der Waals surface area contributed by atoms with Crippen molar-refractivity contribution in [3.8, 4) is 0 Å². The molecular weight excluding hydrogens is 248 g/mol. The Hall–Kier alpha value is -0.320.